The largest absolute Gasteiger partial charge is 0.353 e. The molecule has 1 aliphatic heterocycles. The van der Waals surface area contributed by atoms with Gasteiger partial charge >= 0.3 is 0 Å². The minimum absolute atomic E-state index is 0.00829. The molecule has 4 rings (SSSR count). The van der Waals surface area contributed by atoms with Crippen LogP contribution in [0.4, 0.5) is 5.82 Å². The summed E-state index contributed by atoms with van der Waals surface area (Å²) in [5.41, 5.74) is 1.08. The van der Waals surface area contributed by atoms with Crippen LogP contribution in [-0.2, 0) is 4.79 Å². The molecule has 8 heteroatoms. The topological polar surface area (TPSA) is 52.6 Å². The number of hydrogen-bond acceptors (Lipinski definition) is 6. The molecule has 1 atom stereocenters. The lowest BCUT2D eigenvalue weighted by Crippen LogP contribution is -2.50. The lowest BCUT2D eigenvalue weighted by atomic mass is 10.1. The van der Waals surface area contributed by atoms with Crippen molar-refractivity contribution >= 4 is 44.9 Å². The summed E-state index contributed by atoms with van der Waals surface area (Å²) in [6.07, 6.45) is 1.64. The van der Waals surface area contributed by atoms with Crippen LogP contribution in [0.5, 0.6) is 0 Å². The fourth-order valence-electron chi connectivity index (χ4n) is 3.63. The monoisotopic (exact) mass is 429 g/mol. The summed E-state index contributed by atoms with van der Waals surface area (Å²) in [6, 6.07) is 9.77. The Labute approximate surface area is 179 Å². The molecule has 6 nitrogen and oxygen atoms in total. The van der Waals surface area contributed by atoms with Gasteiger partial charge < -0.3 is 9.80 Å². The molecule has 0 radical (unpaired) electrons. The van der Waals surface area contributed by atoms with Gasteiger partial charge in [-0.05, 0) is 36.1 Å². The molecule has 2 aromatic heterocycles. The SMILES string of the molecule is CC(c1ccc(Cl)cc1)N(C)C(=O)CN1CCN(c2ncnc3sccc23)CC1. The summed E-state index contributed by atoms with van der Waals surface area (Å²) in [7, 11) is 1.87. The second-order valence-electron chi connectivity index (χ2n) is 7.33. The van der Waals surface area contributed by atoms with E-state index in [0.29, 0.717) is 11.6 Å². The van der Waals surface area contributed by atoms with Crippen molar-refractivity contribution in [2.75, 3.05) is 44.7 Å². The van der Waals surface area contributed by atoms with E-state index < -0.39 is 0 Å². The second-order valence-corrected chi connectivity index (χ2v) is 8.66. The molecule has 29 heavy (non-hydrogen) atoms. The second kappa shape index (κ2) is 8.65. The van der Waals surface area contributed by atoms with Gasteiger partial charge in [-0.1, -0.05) is 23.7 Å². The van der Waals surface area contributed by atoms with Crippen molar-refractivity contribution in [3.8, 4) is 0 Å². The van der Waals surface area contributed by atoms with E-state index in [9.17, 15) is 4.79 Å². The maximum Gasteiger partial charge on any atom is 0.236 e. The lowest BCUT2D eigenvalue weighted by Gasteiger charge is -2.36. The molecule has 0 spiro atoms. The van der Waals surface area contributed by atoms with E-state index in [1.807, 2.05) is 43.1 Å². The predicted octanol–water partition coefficient (Wildman–Crippen LogP) is 3.69. The number of nitrogens with zero attached hydrogens (tertiary/aromatic N) is 5. The highest BCUT2D eigenvalue weighted by Gasteiger charge is 2.24. The minimum Gasteiger partial charge on any atom is -0.353 e. The van der Waals surface area contributed by atoms with Crippen molar-refractivity contribution in [2.45, 2.75) is 13.0 Å². The van der Waals surface area contributed by atoms with Gasteiger partial charge in [0.05, 0.1) is 18.0 Å². The molecule has 3 aromatic rings. The number of piperazine rings is 1. The molecule has 0 saturated carbocycles. The van der Waals surface area contributed by atoms with E-state index in [1.165, 1.54) is 0 Å². The molecule has 1 fully saturated rings. The van der Waals surface area contributed by atoms with E-state index in [1.54, 1.807) is 17.7 Å². The van der Waals surface area contributed by atoms with Gasteiger partial charge in [-0.2, -0.15) is 0 Å². The van der Waals surface area contributed by atoms with Crippen molar-refractivity contribution in [1.29, 1.82) is 0 Å². The minimum atomic E-state index is 0.00829. The van der Waals surface area contributed by atoms with E-state index in [2.05, 4.69) is 31.2 Å². The Balaban J connectivity index is 1.33. The van der Waals surface area contributed by atoms with Gasteiger partial charge in [-0.3, -0.25) is 9.69 Å². The first-order valence-electron chi connectivity index (χ1n) is 9.69. The average Bonchev–Trinajstić information content (AvgIpc) is 3.23. The third kappa shape index (κ3) is 4.37. The van der Waals surface area contributed by atoms with E-state index in [0.717, 1.165) is 47.8 Å². The summed E-state index contributed by atoms with van der Waals surface area (Å²) in [4.78, 5) is 29.0. The Morgan fingerprint density at radius 2 is 1.90 bits per heavy atom. The Hall–Kier alpha value is -2.22. The quantitative estimate of drug-likeness (QED) is 0.619. The predicted molar refractivity (Wildman–Crippen MR) is 119 cm³/mol. The molecule has 1 aromatic carbocycles. The number of carbonyl (C=O) groups is 1. The van der Waals surface area contributed by atoms with Crippen LogP contribution in [0.3, 0.4) is 0 Å². The average molecular weight is 430 g/mol. The summed E-state index contributed by atoms with van der Waals surface area (Å²) in [5, 5.41) is 3.87. The Morgan fingerprint density at radius 1 is 1.17 bits per heavy atom. The van der Waals surface area contributed by atoms with Gasteiger partial charge in [0.1, 0.15) is 17.0 Å². The summed E-state index contributed by atoms with van der Waals surface area (Å²) < 4.78 is 0. The number of halogens is 1. The molecule has 0 bridgehead atoms. The lowest BCUT2D eigenvalue weighted by molar-refractivity contribution is -0.133. The van der Waals surface area contributed by atoms with E-state index in [-0.39, 0.29) is 11.9 Å². The molecule has 0 aliphatic carbocycles. The van der Waals surface area contributed by atoms with Gasteiger partial charge in [0, 0.05) is 38.2 Å². The van der Waals surface area contributed by atoms with Crippen molar-refractivity contribution < 1.29 is 4.79 Å². The number of aromatic nitrogens is 2. The fraction of sp³-hybridized carbons (Fsp3) is 0.381. The van der Waals surface area contributed by atoms with Gasteiger partial charge in [0.25, 0.3) is 0 Å². The Kier molecular flexibility index (Phi) is 5.99. The maximum atomic E-state index is 12.8. The molecule has 1 saturated heterocycles. The number of rotatable bonds is 5. The van der Waals surface area contributed by atoms with Crippen molar-refractivity contribution in [2.24, 2.45) is 0 Å². The van der Waals surface area contributed by atoms with Crippen molar-refractivity contribution in [3.05, 3.63) is 52.6 Å². The number of likely N-dealkylation sites (N-methyl/N-ethyl adjacent to an activating group) is 1. The van der Waals surface area contributed by atoms with Crippen LogP contribution in [0.15, 0.2) is 42.0 Å². The number of fused-ring (bicyclic) bond motifs is 1. The zero-order valence-corrected chi connectivity index (χ0v) is 18.2. The standard InChI is InChI=1S/C21H24ClN5OS/c1-15(16-3-5-17(22)6-4-16)25(2)19(28)13-26-8-10-27(11-9-26)20-18-7-12-29-21(18)24-14-23-20/h3-7,12,14-15H,8-11,13H2,1-2H3. The first-order chi connectivity index (χ1) is 14.0. The van der Waals surface area contributed by atoms with Crippen LogP contribution >= 0.6 is 22.9 Å². The summed E-state index contributed by atoms with van der Waals surface area (Å²) in [6.45, 7) is 5.85. The van der Waals surface area contributed by atoms with Crippen molar-refractivity contribution in [3.63, 3.8) is 0 Å². The highest BCUT2D eigenvalue weighted by atomic mass is 35.5. The van der Waals surface area contributed by atoms with Crippen LogP contribution in [0, 0.1) is 0 Å². The van der Waals surface area contributed by atoms with Gasteiger partial charge in [0.15, 0.2) is 0 Å². The van der Waals surface area contributed by atoms with Gasteiger partial charge in [-0.25, -0.2) is 9.97 Å². The Morgan fingerprint density at radius 3 is 2.62 bits per heavy atom. The van der Waals surface area contributed by atoms with Crippen molar-refractivity contribution in [1.82, 2.24) is 19.8 Å². The zero-order chi connectivity index (χ0) is 20.4. The van der Waals surface area contributed by atoms with Crippen LogP contribution < -0.4 is 4.90 Å². The number of thiophene rings is 1. The van der Waals surface area contributed by atoms with Crippen LogP contribution in [0.25, 0.3) is 10.2 Å². The number of anilines is 1. The smallest absolute Gasteiger partial charge is 0.236 e. The molecule has 3 heterocycles. The maximum absolute atomic E-state index is 12.8. The van der Waals surface area contributed by atoms with Gasteiger partial charge in [-0.15, -0.1) is 11.3 Å². The number of benzene rings is 1. The third-order valence-electron chi connectivity index (χ3n) is 5.60. The van der Waals surface area contributed by atoms with E-state index >= 15 is 0 Å². The van der Waals surface area contributed by atoms with Crippen LogP contribution in [0.1, 0.15) is 18.5 Å². The van der Waals surface area contributed by atoms with Crippen LogP contribution in [0.2, 0.25) is 5.02 Å². The molecule has 0 N–H and O–H groups in total. The number of carbonyl (C=O) groups excluding carboxylic acids is 1. The Bertz CT molecular complexity index is 984. The number of amides is 1. The normalized spacial score (nSPS) is 16.2. The number of hydrogen-bond donors (Lipinski definition) is 0. The molecule has 1 amide bonds. The molecular weight excluding hydrogens is 406 g/mol. The molecule has 1 aliphatic rings. The highest BCUT2D eigenvalue weighted by Crippen LogP contribution is 2.27. The molecular formula is C21H24ClN5OS. The fourth-order valence-corrected chi connectivity index (χ4v) is 4.48. The first kappa shape index (κ1) is 20.1. The summed E-state index contributed by atoms with van der Waals surface area (Å²) in [5.74, 6) is 1.12. The van der Waals surface area contributed by atoms with Gasteiger partial charge in [0.2, 0.25) is 5.91 Å². The molecule has 1 unspecified atom stereocenters. The third-order valence-corrected chi connectivity index (χ3v) is 6.67. The van der Waals surface area contributed by atoms with E-state index in [4.69, 9.17) is 11.6 Å². The zero-order valence-electron chi connectivity index (χ0n) is 16.6. The summed E-state index contributed by atoms with van der Waals surface area (Å²) >= 11 is 7.60. The highest BCUT2D eigenvalue weighted by molar-refractivity contribution is 7.16. The molecule has 152 valence electrons. The van der Waals surface area contributed by atoms with Crippen LogP contribution in [-0.4, -0.2) is 65.4 Å². The first-order valence-corrected chi connectivity index (χ1v) is 11.0.